The quantitative estimate of drug-likeness (QED) is 0.793. The lowest BCUT2D eigenvalue weighted by molar-refractivity contribution is 0.230. The highest BCUT2D eigenvalue weighted by molar-refractivity contribution is 6.31. The SMILES string of the molecule is CCN(C)CCOc1nc(Cl)nc(Cl)n1. The van der Waals surface area contributed by atoms with E-state index in [0.29, 0.717) is 6.61 Å². The molecular weight excluding hydrogens is 239 g/mol. The first kappa shape index (κ1) is 12.4. The smallest absolute Gasteiger partial charge is 0.322 e. The first-order chi connectivity index (χ1) is 7.11. The number of ether oxygens (including phenoxy) is 1. The van der Waals surface area contributed by atoms with Gasteiger partial charge in [-0.15, -0.1) is 0 Å². The van der Waals surface area contributed by atoms with Crippen molar-refractivity contribution in [1.82, 2.24) is 19.9 Å². The molecule has 0 bridgehead atoms. The standard InChI is InChI=1S/C8H12Cl2N4O/c1-3-14(2)4-5-15-8-12-6(9)11-7(10)13-8/h3-5H2,1-2H3. The summed E-state index contributed by atoms with van der Waals surface area (Å²) in [5, 5.41) is 0.0719. The largest absolute Gasteiger partial charge is 0.462 e. The van der Waals surface area contributed by atoms with Gasteiger partial charge in [0.2, 0.25) is 10.6 Å². The van der Waals surface area contributed by atoms with Gasteiger partial charge < -0.3 is 9.64 Å². The maximum atomic E-state index is 5.58. The first-order valence-electron chi connectivity index (χ1n) is 4.50. The van der Waals surface area contributed by atoms with Crippen molar-refractivity contribution in [3.05, 3.63) is 10.6 Å². The minimum absolute atomic E-state index is 0.0360. The molecule has 0 atom stereocenters. The summed E-state index contributed by atoms with van der Waals surface area (Å²) in [6.07, 6.45) is 0. The zero-order valence-electron chi connectivity index (χ0n) is 8.57. The van der Waals surface area contributed by atoms with Crippen LogP contribution < -0.4 is 4.74 Å². The lowest BCUT2D eigenvalue weighted by Crippen LogP contribution is -2.24. The van der Waals surface area contributed by atoms with Gasteiger partial charge in [-0.05, 0) is 36.8 Å². The molecule has 5 nitrogen and oxygen atoms in total. The molecule has 0 saturated heterocycles. The zero-order valence-corrected chi connectivity index (χ0v) is 10.1. The Kier molecular flexibility index (Phi) is 5.01. The highest BCUT2D eigenvalue weighted by atomic mass is 35.5. The fourth-order valence-electron chi connectivity index (χ4n) is 0.824. The molecule has 0 radical (unpaired) electrons. The zero-order chi connectivity index (χ0) is 11.3. The number of hydrogen-bond acceptors (Lipinski definition) is 5. The van der Waals surface area contributed by atoms with E-state index < -0.39 is 0 Å². The molecule has 0 aliphatic carbocycles. The van der Waals surface area contributed by atoms with Gasteiger partial charge in [0, 0.05) is 6.54 Å². The minimum atomic E-state index is 0.0360. The lowest BCUT2D eigenvalue weighted by Gasteiger charge is -2.13. The summed E-state index contributed by atoms with van der Waals surface area (Å²) < 4.78 is 5.27. The monoisotopic (exact) mass is 250 g/mol. The molecule has 0 aliphatic heterocycles. The van der Waals surface area contributed by atoms with Gasteiger partial charge in [-0.1, -0.05) is 6.92 Å². The number of hydrogen-bond donors (Lipinski definition) is 0. The van der Waals surface area contributed by atoms with Crippen LogP contribution in [0.25, 0.3) is 0 Å². The number of halogens is 2. The van der Waals surface area contributed by atoms with Gasteiger partial charge in [0.15, 0.2) is 0 Å². The number of nitrogens with zero attached hydrogens (tertiary/aromatic N) is 4. The van der Waals surface area contributed by atoms with E-state index in [2.05, 4.69) is 26.8 Å². The highest BCUT2D eigenvalue weighted by Gasteiger charge is 2.04. The third-order valence-electron chi connectivity index (χ3n) is 1.80. The third kappa shape index (κ3) is 4.59. The van der Waals surface area contributed by atoms with Crippen LogP contribution >= 0.6 is 23.2 Å². The van der Waals surface area contributed by atoms with Gasteiger partial charge in [-0.25, -0.2) is 0 Å². The van der Waals surface area contributed by atoms with E-state index in [0.717, 1.165) is 13.1 Å². The third-order valence-corrected chi connectivity index (χ3v) is 2.14. The number of likely N-dealkylation sites (N-methyl/N-ethyl adjacent to an activating group) is 1. The van der Waals surface area contributed by atoms with E-state index in [1.54, 1.807) is 0 Å². The lowest BCUT2D eigenvalue weighted by atomic mass is 10.5. The summed E-state index contributed by atoms with van der Waals surface area (Å²) in [4.78, 5) is 13.3. The van der Waals surface area contributed by atoms with Crippen LogP contribution in [-0.2, 0) is 0 Å². The van der Waals surface area contributed by atoms with E-state index in [1.165, 1.54) is 0 Å². The Labute approximate surface area is 98.4 Å². The van der Waals surface area contributed by atoms with Crippen LogP contribution in [-0.4, -0.2) is 46.6 Å². The van der Waals surface area contributed by atoms with Gasteiger partial charge in [0.25, 0.3) is 0 Å². The summed E-state index contributed by atoms with van der Waals surface area (Å²) >= 11 is 11.2. The maximum Gasteiger partial charge on any atom is 0.322 e. The van der Waals surface area contributed by atoms with Crippen LogP contribution in [0.3, 0.4) is 0 Å². The average Bonchev–Trinajstić information content (AvgIpc) is 2.16. The van der Waals surface area contributed by atoms with Gasteiger partial charge in [0.1, 0.15) is 6.61 Å². The molecule has 1 heterocycles. The van der Waals surface area contributed by atoms with Crippen molar-refractivity contribution in [2.24, 2.45) is 0 Å². The Balaban J connectivity index is 2.43. The topological polar surface area (TPSA) is 51.1 Å². The molecule has 0 fully saturated rings. The van der Waals surface area contributed by atoms with Crippen molar-refractivity contribution >= 4 is 23.2 Å². The minimum Gasteiger partial charge on any atom is -0.462 e. The molecule has 0 unspecified atom stereocenters. The van der Waals surface area contributed by atoms with Crippen LogP contribution in [0.2, 0.25) is 10.6 Å². The molecule has 0 amide bonds. The Morgan fingerprint density at radius 3 is 2.33 bits per heavy atom. The van der Waals surface area contributed by atoms with Gasteiger partial charge >= 0.3 is 6.01 Å². The second kappa shape index (κ2) is 6.05. The average molecular weight is 251 g/mol. The van der Waals surface area contributed by atoms with Crippen molar-refractivity contribution in [3.8, 4) is 6.01 Å². The molecular formula is C8H12Cl2N4O. The highest BCUT2D eigenvalue weighted by Crippen LogP contribution is 2.10. The number of rotatable bonds is 5. The molecule has 0 N–H and O–H groups in total. The Hall–Kier alpha value is -0.650. The van der Waals surface area contributed by atoms with Crippen LogP contribution in [0, 0.1) is 0 Å². The molecule has 84 valence electrons. The fourth-order valence-corrected chi connectivity index (χ4v) is 1.17. The second-order valence-electron chi connectivity index (χ2n) is 2.90. The summed E-state index contributed by atoms with van der Waals surface area (Å²) in [6.45, 7) is 4.30. The Morgan fingerprint density at radius 1 is 1.20 bits per heavy atom. The Bertz CT molecular complexity index is 303. The molecule has 0 aromatic carbocycles. The summed E-state index contributed by atoms with van der Waals surface area (Å²) in [6, 6.07) is 0.157. The van der Waals surface area contributed by atoms with Gasteiger partial charge in [0.05, 0.1) is 0 Å². The second-order valence-corrected chi connectivity index (χ2v) is 3.58. The molecule has 0 saturated carbocycles. The summed E-state index contributed by atoms with van der Waals surface area (Å²) in [5.74, 6) is 0. The summed E-state index contributed by atoms with van der Waals surface area (Å²) in [7, 11) is 2.00. The van der Waals surface area contributed by atoms with Gasteiger partial charge in [-0.2, -0.15) is 15.0 Å². The maximum absolute atomic E-state index is 5.58. The van der Waals surface area contributed by atoms with Crippen LogP contribution in [0.4, 0.5) is 0 Å². The molecule has 1 rings (SSSR count). The molecule has 7 heteroatoms. The molecule has 1 aromatic rings. The normalized spacial score (nSPS) is 10.7. The van der Waals surface area contributed by atoms with Crippen molar-refractivity contribution in [2.75, 3.05) is 26.7 Å². The van der Waals surface area contributed by atoms with E-state index in [-0.39, 0.29) is 16.6 Å². The number of aromatic nitrogens is 3. The van der Waals surface area contributed by atoms with Crippen molar-refractivity contribution in [2.45, 2.75) is 6.92 Å². The van der Waals surface area contributed by atoms with Crippen molar-refractivity contribution < 1.29 is 4.74 Å². The first-order valence-corrected chi connectivity index (χ1v) is 5.26. The van der Waals surface area contributed by atoms with Gasteiger partial charge in [-0.3, -0.25) is 0 Å². The van der Waals surface area contributed by atoms with E-state index in [4.69, 9.17) is 27.9 Å². The van der Waals surface area contributed by atoms with E-state index in [9.17, 15) is 0 Å². The van der Waals surface area contributed by atoms with E-state index >= 15 is 0 Å². The van der Waals surface area contributed by atoms with Crippen molar-refractivity contribution in [3.63, 3.8) is 0 Å². The predicted molar refractivity (Wildman–Crippen MR) is 58.5 cm³/mol. The predicted octanol–water partition coefficient (Wildman–Crippen LogP) is 1.51. The molecule has 1 aromatic heterocycles. The molecule has 15 heavy (non-hydrogen) atoms. The molecule has 0 aliphatic rings. The summed E-state index contributed by atoms with van der Waals surface area (Å²) in [5.41, 5.74) is 0. The van der Waals surface area contributed by atoms with Crippen molar-refractivity contribution in [1.29, 1.82) is 0 Å². The van der Waals surface area contributed by atoms with Crippen LogP contribution in [0.15, 0.2) is 0 Å². The van der Waals surface area contributed by atoms with E-state index in [1.807, 2.05) is 7.05 Å². The van der Waals surface area contributed by atoms with Crippen LogP contribution in [0.5, 0.6) is 6.01 Å². The Morgan fingerprint density at radius 2 is 1.80 bits per heavy atom. The fraction of sp³-hybridized carbons (Fsp3) is 0.625. The molecule has 0 spiro atoms. The van der Waals surface area contributed by atoms with Crippen LogP contribution in [0.1, 0.15) is 6.92 Å².